The van der Waals surface area contributed by atoms with Crippen molar-refractivity contribution < 1.29 is 4.42 Å². The maximum absolute atomic E-state index is 6.31. The Kier molecular flexibility index (Phi) is 6.01. The van der Waals surface area contributed by atoms with Crippen LogP contribution < -0.4 is 0 Å². The zero-order chi connectivity index (χ0) is 28.0. The van der Waals surface area contributed by atoms with Crippen molar-refractivity contribution in [2.24, 2.45) is 0 Å². The predicted octanol–water partition coefficient (Wildman–Crippen LogP) is 10.3. The molecule has 2 heterocycles. The number of benzene rings is 5. The molecule has 198 valence electrons. The first-order chi connectivity index (χ1) is 19.9. The van der Waals surface area contributed by atoms with Crippen molar-refractivity contribution in [2.75, 3.05) is 0 Å². The molecule has 0 spiro atoms. The average molecular weight is 531 g/mol. The third-order valence-electron chi connectivity index (χ3n) is 7.62. The van der Waals surface area contributed by atoms with E-state index in [1.807, 2.05) is 30.3 Å². The van der Waals surface area contributed by atoms with Gasteiger partial charge in [0.15, 0.2) is 5.82 Å². The van der Waals surface area contributed by atoms with Gasteiger partial charge in [0.2, 0.25) is 0 Å². The number of hydrogen-bond acceptors (Lipinski definition) is 3. The molecule has 0 N–H and O–H groups in total. The Morgan fingerprint density at radius 3 is 1.98 bits per heavy atom. The lowest BCUT2D eigenvalue weighted by Gasteiger charge is -2.19. The molecule has 0 atom stereocenters. The second-order valence-electron chi connectivity index (χ2n) is 11.5. The van der Waals surface area contributed by atoms with Gasteiger partial charge in [0, 0.05) is 32.9 Å². The van der Waals surface area contributed by atoms with Gasteiger partial charge in [0.05, 0.1) is 11.4 Å². The minimum absolute atomic E-state index is 0.0930. The van der Waals surface area contributed by atoms with E-state index in [1.54, 1.807) is 0 Å². The average Bonchev–Trinajstić information content (AvgIpc) is 3.40. The number of hydrogen-bond donors (Lipinski definition) is 0. The maximum Gasteiger partial charge on any atom is 0.160 e. The first kappa shape index (κ1) is 25.0. The molecule has 2 aromatic heterocycles. The van der Waals surface area contributed by atoms with Crippen molar-refractivity contribution in [3.63, 3.8) is 0 Å². The van der Waals surface area contributed by atoms with Crippen molar-refractivity contribution >= 4 is 21.9 Å². The lowest BCUT2D eigenvalue weighted by atomic mass is 9.90. The molecule has 0 fully saturated rings. The molecule has 0 aliphatic heterocycles. The number of rotatable bonds is 4. The highest BCUT2D eigenvalue weighted by Crippen LogP contribution is 2.37. The summed E-state index contributed by atoms with van der Waals surface area (Å²) >= 11 is 0. The van der Waals surface area contributed by atoms with Gasteiger partial charge >= 0.3 is 0 Å². The molecule has 0 saturated carbocycles. The van der Waals surface area contributed by atoms with Crippen molar-refractivity contribution in [1.29, 1.82) is 0 Å². The fourth-order valence-electron chi connectivity index (χ4n) is 5.37. The Morgan fingerprint density at radius 1 is 0.512 bits per heavy atom. The van der Waals surface area contributed by atoms with E-state index in [4.69, 9.17) is 14.4 Å². The molecule has 3 heteroatoms. The zero-order valence-electron chi connectivity index (χ0n) is 23.4. The Morgan fingerprint density at radius 2 is 1.17 bits per heavy atom. The molecule has 0 aliphatic carbocycles. The summed E-state index contributed by atoms with van der Waals surface area (Å²) in [5.74, 6) is 0.744. The monoisotopic (exact) mass is 530 g/mol. The van der Waals surface area contributed by atoms with Gasteiger partial charge < -0.3 is 4.42 Å². The first-order valence-corrected chi connectivity index (χ1v) is 14.0. The molecule has 7 rings (SSSR count). The first-order valence-electron chi connectivity index (χ1n) is 14.0. The standard InChI is InChI=1S/C38H30N2O/c1-38(2,3)35-24-33(26-11-5-4-6-12-26)39-37(40-35)27-21-19-25(20-22-27)28-13-9-14-29(23-28)30-16-10-17-32-31-15-7-8-18-34(31)41-36(30)32/h4-24H,1-3H3. The van der Waals surface area contributed by atoms with Gasteiger partial charge in [-0.15, -0.1) is 0 Å². The summed E-state index contributed by atoms with van der Waals surface area (Å²) in [6.45, 7) is 6.57. The van der Waals surface area contributed by atoms with Crippen molar-refractivity contribution in [3.8, 4) is 44.9 Å². The van der Waals surface area contributed by atoms with E-state index in [9.17, 15) is 0 Å². The largest absolute Gasteiger partial charge is 0.455 e. The summed E-state index contributed by atoms with van der Waals surface area (Å²) in [7, 11) is 0. The van der Waals surface area contributed by atoms with Crippen LogP contribution in [0.25, 0.3) is 66.8 Å². The van der Waals surface area contributed by atoms with E-state index in [1.165, 1.54) is 0 Å². The van der Waals surface area contributed by atoms with Gasteiger partial charge in [0.1, 0.15) is 11.2 Å². The van der Waals surface area contributed by atoms with Crippen LogP contribution in [0, 0.1) is 0 Å². The van der Waals surface area contributed by atoms with Gasteiger partial charge in [-0.2, -0.15) is 0 Å². The van der Waals surface area contributed by atoms with Crippen LogP contribution in [0.15, 0.2) is 132 Å². The van der Waals surface area contributed by atoms with Crippen LogP contribution in [0.2, 0.25) is 0 Å². The highest BCUT2D eigenvalue weighted by atomic mass is 16.3. The number of fused-ring (bicyclic) bond motifs is 3. The molecule has 41 heavy (non-hydrogen) atoms. The van der Waals surface area contributed by atoms with Gasteiger partial charge in [-0.1, -0.05) is 130 Å². The van der Waals surface area contributed by atoms with Crippen LogP contribution in [0.4, 0.5) is 0 Å². The molecule has 3 nitrogen and oxygen atoms in total. The second-order valence-corrected chi connectivity index (χ2v) is 11.5. The van der Waals surface area contributed by atoms with E-state index < -0.39 is 0 Å². The normalized spacial score (nSPS) is 11.8. The van der Waals surface area contributed by atoms with Gasteiger partial charge in [-0.05, 0) is 34.9 Å². The van der Waals surface area contributed by atoms with E-state index in [-0.39, 0.29) is 5.41 Å². The van der Waals surface area contributed by atoms with Crippen LogP contribution in [-0.2, 0) is 5.41 Å². The summed E-state index contributed by atoms with van der Waals surface area (Å²) in [5, 5.41) is 2.28. The fraction of sp³-hybridized carbons (Fsp3) is 0.105. The number of para-hydroxylation sites is 2. The smallest absolute Gasteiger partial charge is 0.160 e. The topological polar surface area (TPSA) is 38.9 Å². The highest BCUT2D eigenvalue weighted by Gasteiger charge is 2.19. The van der Waals surface area contributed by atoms with Crippen molar-refractivity contribution in [3.05, 3.63) is 133 Å². The highest BCUT2D eigenvalue weighted by molar-refractivity contribution is 6.09. The van der Waals surface area contributed by atoms with Crippen LogP contribution in [0.5, 0.6) is 0 Å². The predicted molar refractivity (Wildman–Crippen MR) is 170 cm³/mol. The maximum atomic E-state index is 6.31. The van der Waals surface area contributed by atoms with Crippen molar-refractivity contribution in [1.82, 2.24) is 9.97 Å². The Hall–Kier alpha value is -5.02. The summed E-state index contributed by atoms with van der Waals surface area (Å²) in [6.07, 6.45) is 0. The van der Waals surface area contributed by atoms with E-state index in [2.05, 4.69) is 118 Å². The molecule has 0 bridgehead atoms. The summed E-state index contributed by atoms with van der Waals surface area (Å²) in [4.78, 5) is 9.95. The van der Waals surface area contributed by atoms with E-state index >= 15 is 0 Å². The lowest BCUT2D eigenvalue weighted by molar-refractivity contribution is 0.568. The molecule has 0 saturated heterocycles. The number of furan rings is 1. The molecule has 5 aromatic carbocycles. The van der Waals surface area contributed by atoms with Crippen LogP contribution in [-0.4, -0.2) is 9.97 Å². The van der Waals surface area contributed by atoms with E-state index in [0.717, 1.165) is 72.5 Å². The summed E-state index contributed by atoms with van der Waals surface area (Å²) in [6, 6.07) is 44.2. The van der Waals surface area contributed by atoms with Gasteiger partial charge in [0.25, 0.3) is 0 Å². The lowest BCUT2D eigenvalue weighted by Crippen LogP contribution is -2.15. The summed E-state index contributed by atoms with van der Waals surface area (Å²) in [5.41, 5.74) is 10.3. The molecule has 7 aromatic rings. The SMILES string of the molecule is CC(C)(C)c1cc(-c2ccccc2)nc(-c2ccc(-c3cccc(-c4cccc5c4oc4ccccc45)c3)cc2)n1. The molecular formula is C38H30N2O. The molecule has 0 amide bonds. The Labute approximate surface area is 240 Å². The Bertz CT molecular complexity index is 2010. The number of nitrogens with zero attached hydrogens (tertiary/aromatic N) is 2. The van der Waals surface area contributed by atoms with Gasteiger partial charge in [-0.25, -0.2) is 9.97 Å². The third kappa shape index (κ3) is 4.70. The molecule has 0 aliphatic rings. The molecule has 0 radical (unpaired) electrons. The van der Waals surface area contributed by atoms with Crippen LogP contribution in [0.1, 0.15) is 26.5 Å². The zero-order valence-corrected chi connectivity index (χ0v) is 23.4. The third-order valence-corrected chi connectivity index (χ3v) is 7.62. The molecule has 0 unspecified atom stereocenters. The van der Waals surface area contributed by atoms with E-state index in [0.29, 0.717) is 0 Å². The van der Waals surface area contributed by atoms with Gasteiger partial charge in [-0.3, -0.25) is 0 Å². The Balaban J connectivity index is 1.26. The second kappa shape index (κ2) is 9.87. The van der Waals surface area contributed by atoms with Crippen LogP contribution >= 0.6 is 0 Å². The van der Waals surface area contributed by atoms with Crippen LogP contribution in [0.3, 0.4) is 0 Å². The number of aromatic nitrogens is 2. The summed E-state index contributed by atoms with van der Waals surface area (Å²) < 4.78 is 6.31. The minimum atomic E-state index is -0.0930. The minimum Gasteiger partial charge on any atom is -0.455 e. The quantitative estimate of drug-likeness (QED) is 0.227. The molecular weight excluding hydrogens is 500 g/mol. The fourth-order valence-corrected chi connectivity index (χ4v) is 5.37. The van der Waals surface area contributed by atoms with Crippen molar-refractivity contribution in [2.45, 2.75) is 26.2 Å².